The molecule has 1 aromatic carbocycles. The first-order chi connectivity index (χ1) is 17.5. The van der Waals surface area contributed by atoms with Gasteiger partial charge >= 0.3 is 11.9 Å². The maximum Gasteiger partial charge on any atom is 0.374 e. The van der Waals surface area contributed by atoms with Crippen molar-refractivity contribution in [1.82, 2.24) is 4.98 Å². The molecule has 0 saturated carbocycles. The van der Waals surface area contributed by atoms with E-state index in [0.717, 1.165) is 0 Å². The Morgan fingerprint density at radius 2 is 1.75 bits per heavy atom. The van der Waals surface area contributed by atoms with Crippen LogP contribution in [0.15, 0.2) is 70.0 Å². The zero-order valence-corrected chi connectivity index (χ0v) is 19.6. The standard InChI is InChI=1S/C26H22N2O8/c1-32-15-9-7-14(8-10-15)28-20(18-6-4-5-11-27-18)22(29)16-12-35-13-17(16)23-21(28)19(25(30)33-2)24(36-23)26(31)34-3/h4-13,20,22,29H,1-3H3/t20-,22-/m1/s1. The number of furan rings is 2. The molecule has 1 aliphatic heterocycles. The Hall–Kier alpha value is -4.57. The fourth-order valence-corrected chi connectivity index (χ4v) is 4.41. The van der Waals surface area contributed by atoms with Gasteiger partial charge in [0, 0.05) is 17.4 Å². The van der Waals surface area contributed by atoms with Crippen LogP contribution in [0.25, 0.3) is 11.3 Å². The molecule has 184 valence electrons. The van der Waals surface area contributed by atoms with Crippen LogP contribution in [0.3, 0.4) is 0 Å². The first kappa shape index (κ1) is 23.2. The number of pyridine rings is 1. The van der Waals surface area contributed by atoms with Crippen LogP contribution in [0.5, 0.6) is 5.75 Å². The van der Waals surface area contributed by atoms with Crippen molar-refractivity contribution in [2.24, 2.45) is 0 Å². The zero-order chi connectivity index (χ0) is 25.4. The van der Waals surface area contributed by atoms with E-state index < -0.39 is 24.1 Å². The van der Waals surface area contributed by atoms with E-state index in [2.05, 4.69) is 4.98 Å². The van der Waals surface area contributed by atoms with Gasteiger partial charge in [-0.1, -0.05) is 6.07 Å². The molecule has 0 amide bonds. The van der Waals surface area contributed by atoms with Gasteiger partial charge in [-0.05, 0) is 36.4 Å². The van der Waals surface area contributed by atoms with Crippen LogP contribution in [-0.2, 0) is 9.47 Å². The quantitative estimate of drug-likeness (QED) is 0.401. The molecular weight excluding hydrogens is 468 g/mol. The number of anilines is 2. The Balaban J connectivity index is 1.90. The molecule has 0 radical (unpaired) electrons. The van der Waals surface area contributed by atoms with Gasteiger partial charge in [-0.15, -0.1) is 0 Å². The van der Waals surface area contributed by atoms with E-state index in [0.29, 0.717) is 28.3 Å². The molecule has 3 aromatic heterocycles. The minimum Gasteiger partial charge on any atom is -0.497 e. The van der Waals surface area contributed by atoms with Crippen LogP contribution in [-0.4, -0.2) is 43.4 Å². The summed E-state index contributed by atoms with van der Waals surface area (Å²) >= 11 is 0. The molecule has 36 heavy (non-hydrogen) atoms. The topological polar surface area (TPSA) is 124 Å². The summed E-state index contributed by atoms with van der Waals surface area (Å²) < 4.78 is 26.6. The highest BCUT2D eigenvalue weighted by atomic mass is 16.5. The first-order valence-corrected chi connectivity index (χ1v) is 10.9. The van der Waals surface area contributed by atoms with E-state index in [-0.39, 0.29) is 22.8 Å². The number of aliphatic hydroxyl groups excluding tert-OH is 1. The maximum absolute atomic E-state index is 13.1. The molecule has 1 aliphatic rings. The molecule has 0 unspecified atom stereocenters. The predicted octanol–water partition coefficient (Wildman–Crippen LogP) is 4.44. The average molecular weight is 490 g/mol. The molecule has 2 atom stereocenters. The summed E-state index contributed by atoms with van der Waals surface area (Å²) in [4.78, 5) is 32.0. The van der Waals surface area contributed by atoms with Crippen molar-refractivity contribution in [2.75, 3.05) is 26.2 Å². The van der Waals surface area contributed by atoms with Gasteiger partial charge in [0.25, 0.3) is 0 Å². The number of hydrogen-bond donors (Lipinski definition) is 1. The van der Waals surface area contributed by atoms with Crippen molar-refractivity contribution in [3.63, 3.8) is 0 Å². The van der Waals surface area contributed by atoms with Crippen molar-refractivity contribution in [3.05, 3.63) is 83.8 Å². The minimum absolute atomic E-state index is 0.132. The van der Waals surface area contributed by atoms with Crippen molar-refractivity contribution < 1.29 is 37.7 Å². The summed E-state index contributed by atoms with van der Waals surface area (Å²) in [7, 11) is 3.93. The van der Waals surface area contributed by atoms with Crippen molar-refractivity contribution in [2.45, 2.75) is 12.1 Å². The second-order valence-corrected chi connectivity index (χ2v) is 7.92. The molecule has 4 aromatic rings. The Morgan fingerprint density at radius 3 is 2.39 bits per heavy atom. The average Bonchev–Trinajstić information content (AvgIpc) is 3.54. The number of nitrogens with zero attached hydrogens (tertiary/aromatic N) is 2. The SMILES string of the molecule is COC(=O)c1oc2c(c1C(=O)OC)N(c1ccc(OC)cc1)[C@H](c1ccccn1)[C@H](O)c1cocc1-2. The van der Waals surface area contributed by atoms with Gasteiger partial charge in [-0.25, -0.2) is 9.59 Å². The highest BCUT2D eigenvalue weighted by molar-refractivity contribution is 6.09. The predicted molar refractivity (Wildman–Crippen MR) is 126 cm³/mol. The van der Waals surface area contributed by atoms with Gasteiger partial charge < -0.3 is 33.1 Å². The largest absolute Gasteiger partial charge is 0.497 e. The number of rotatable bonds is 5. The molecule has 4 heterocycles. The van der Waals surface area contributed by atoms with Crippen LogP contribution in [0.2, 0.25) is 0 Å². The molecule has 0 spiro atoms. The van der Waals surface area contributed by atoms with Gasteiger partial charge in [0.1, 0.15) is 35.4 Å². The van der Waals surface area contributed by atoms with Crippen LogP contribution in [0.4, 0.5) is 11.4 Å². The third kappa shape index (κ3) is 3.59. The van der Waals surface area contributed by atoms with Gasteiger partial charge in [0.15, 0.2) is 5.76 Å². The second-order valence-electron chi connectivity index (χ2n) is 7.92. The monoisotopic (exact) mass is 490 g/mol. The van der Waals surface area contributed by atoms with E-state index in [1.54, 1.807) is 60.7 Å². The first-order valence-electron chi connectivity index (χ1n) is 10.9. The Kier molecular flexibility index (Phi) is 5.95. The number of aliphatic hydroxyl groups is 1. The lowest BCUT2D eigenvalue weighted by Crippen LogP contribution is -2.30. The van der Waals surface area contributed by atoms with Crippen LogP contribution in [0.1, 0.15) is 44.3 Å². The number of aromatic nitrogens is 1. The number of benzene rings is 1. The van der Waals surface area contributed by atoms with Gasteiger partial charge in [-0.2, -0.15) is 0 Å². The molecule has 10 nitrogen and oxygen atoms in total. The third-order valence-corrected chi connectivity index (χ3v) is 6.06. The lowest BCUT2D eigenvalue weighted by molar-refractivity contribution is 0.0529. The van der Waals surface area contributed by atoms with Crippen molar-refractivity contribution in [3.8, 4) is 17.1 Å². The van der Waals surface area contributed by atoms with E-state index >= 15 is 0 Å². The van der Waals surface area contributed by atoms with E-state index in [4.69, 9.17) is 23.0 Å². The van der Waals surface area contributed by atoms with Crippen LogP contribution in [0, 0.1) is 0 Å². The normalized spacial score (nSPS) is 16.5. The molecule has 0 bridgehead atoms. The number of fused-ring (bicyclic) bond motifs is 3. The van der Waals surface area contributed by atoms with Crippen molar-refractivity contribution >= 4 is 23.3 Å². The summed E-state index contributed by atoms with van der Waals surface area (Å²) in [5, 5.41) is 11.7. The smallest absolute Gasteiger partial charge is 0.374 e. The number of carbonyl (C=O) groups is 2. The summed E-state index contributed by atoms with van der Waals surface area (Å²) in [6, 6.07) is 11.4. The molecule has 10 heteroatoms. The molecule has 0 aliphatic carbocycles. The maximum atomic E-state index is 13.1. The Labute approximate surface area is 205 Å². The second kappa shape index (κ2) is 9.23. The fraction of sp³-hybridized carbons (Fsp3) is 0.192. The van der Waals surface area contributed by atoms with Gasteiger partial charge in [0.2, 0.25) is 5.76 Å². The number of hydrogen-bond acceptors (Lipinski definition) is 10. The Morgan fingerprint density at radius 1 is 1.00 bits per heavy atom. The lowest BCUT2D eigenvalue weighted by Gasteiger charge is -2.34. The lowest BCUT2D eigenvalue weighted by atomic mass is 9.98. The molecular formula is C26H22N2O8. The molecule has 0 saturated heterocycles. The summed E-state index contributed by atoms with van der Waals surface area (Å²) in [5.74, 6) is -1.28. The Bertz CT molecular complexity index is 1410. The minimum atomic E-state index is -1.16. The molecule has 0 fully saturated rings. The third-order valence-electron chi connectivity index (χ3n) is 6.06. The van der Waals surface area contributed by atoms with Gasteiger partial charge in [-0.3, -0.25) is 4.98 Å². The highest BCUT2D eigenvalue weighted by Crippen LogP contribution is 2.54. The fourth-order valence-electron chi connectivity index (χ4n) is 4.41. The number of esters is 2. The van der Waals surface area contributed by atoms with E-state index in [9.17, 15) is 14.7 Å². The summed E-state index contributed by atoms with van der Waals surface area (Å²) in [6.07, 6.45) is 3.23. The molecule has 5 rings (SSSR count). The van der Waals surface area contributed by atoms with E-state index in [1.165, 1.54) is 26.7 Å². The van der Waals surface area contributed by atoms with Crippen LogP contribution >= 0.6 is 0 Å². The van der Waals surface area contributed by atoms with E-state index in [1.807, 2.05) is 0 Å². The summed E-state index contributed by atoms with van der Waals surface area (Å²) in [6.45, 7) is 0. The number of ether oxygens (including phenoxy) is 3. The number of methoxy groups -OCH3 is 3. The highest BCUT2D eigenvalue weighted by Gasteiger charge is 2.45. The van der Waals surface area contributed by atoms with Crippen molar-refractivity contribution in [1.29, 1.82) is 0 Å². The van der Waals surface area contributed by atoms with Gasteiger partial charge in [0.05, 0.1) is 38.8 Å². The molecule has 1 N–H and O–H groups in total. The zero-order valence-electron chi connectivity index (χ0n) is 19.6. The number of carbonyl (C=O) groups excluding carboxylic acids is 2. The summed E-state index contributed by atoms with van der Waals surface area (Å²) in [5.41, 5.74) is 1.87. The van der Waals surface area contributed by atoms with Crippen LogP contribution < -0.4 is 9.64 Å².